The predicted molar refractivity (Wildman–Crippen MR) is 123 cm³/mol. The van der Waals surface area contributed by atoms with E-state index in [2.05, 4.69) is 5.16 Å². The van der Waals surface area contributed by atoms with Gasteiger partial charge >= 0.3 is 5.97 Å². The van der Waals surface area contributed by atoms with Crippen LogP contribution in [0.25, 0.3) is 0 Å². The normalized spacial score (nSPS) is 30.0. The highest BCUT2D eigenvalue weighted by Gasteiger charge is 2.70. The highest BCUT2D eigenvalue weighted by molar-refractivity contribution is 6.23. The van der Waals surface area contributed by atoms with Crippen molar-refractivity contribution in [1.82, 2.24) is 0 Å². The summed E-state index contributed by atoms with van der Waals surface area (Å²) < 4.78 is 15.9. The Hall–Kier alpha value is -3.88. The van der Waals surface area contributed by atoms with Crippen molar-refractivity contribution in [3.05, 3.63) is 48.0 Å². The predicted octanol–water partition coefficient (Wildman–Crippen LogP) is 2.80. The number of ether oxygens (including phenoxy) is 3. The molecule has 2 aromatic rings. The molecule has 0 spiro atoms. The first kappa shape index (κ1) is 21.6. The molecule has 180 valence electrons. The number of nitrogens with zero attached hydrogens (tertiary/aromatic N) is 2. The van der Waals surface area contributed by atoms with E-state index in [9.17, 15) is 14.4 Å². The summed E-state index contributed by atoms with van der Waals surface area (Å²) in [6, 6.07) is 12.0. The lowest BCUT2D eigenvalue weighted by Crippen LogP contribution is -2.41. The van der Waals surface area contributed by atoms with Crippen LogP contribution in [0, 0.1) is 29.6 Å². The molecule has 0 N–H and O–H groups in total. The summed E-state index contributed by atoms with van der Waals surface area (Å²) in [5, 5.41) is 4.39. The van der Waals surface area contributed by atoms with E-state index < -0.39 is 17.8 Å². The number of carbonyl (C=O) groups excluding carboxylic acids is 3. The Bertz CT molecular complexity index is 1270. The zero-order chi connectivity index (χ0) is 24.4. The Morgan fingerprint density at radius 3 is 2.29 bits per heavy atom. The molecule has 2 heterocycles. The Morgan fingerprint density at radius 1 is 0.943 bits per heavy atom. The largest absolute Gasteiger partial charge is 0.493 e. The first-order valence-corrected chi connectivity index (χ1v) is 11.5. The third-order valence-electron chi connectivity index (χ3n) is 7.73. The third-order valence-corrected chi connectivity index (χ3v) is 7.73. The van der Waals surface area contributed by atoms with Gasteiger partial charge in [0.25, 0.3) is 0 Å². The molecule has 2 saturated carbocycles. The second kappa shape index (κ2) is 7.83. The molecule has 2 aliphatic heterocycles. The second-order valence-corrected chi connectivity index (χ2v) is 9.36. The van der Waals surface area contributed by atoms with Crippen LogP contribution in [0.4, 0.5) is 5.69 Å². The van der Waals surface area contributed by atoms with Gasteiger partial charge in [0.1, 0.15) is 11.9 Å². The fourth-order valence-corrected chi connectivity index (χ4v) is 6.44. The summed E-state index contributed by atoms with van der Waals surface area (Å²) in [5.41, 5.74) is 2.12. The van der Waals surface area contributed by atoms with Crippen molar-refractivity contribution in [3.63, 3.8) is 0 Å². The summed E-state index contributed by atoms with van der Waals surface area (Å²) in [5.74, 6) is -0.253. The molecule has 6 rings (SSSR count). The molecule has 2 aromatic carbocycles. The molecule has 35 heavy (non-hydrogen) atoms. The molecular formula is C26H24N2O7. The number of amides is 2. The van der Waals surface area contributed by atoms with E-state index in [0.717, 1.165) is 17.7 Å². The Labute approximate surface area is 201 Å². The van der Waals surface area contributed by atoms with Gasteiger partial charge in [-0.05, 0) is 54.8 Å². The van der Waals surface area contributed by atoms with Crippen molar-refractivity contribution in [2.24, 2.45) is 34.7 Å². The zero-order valence-corrected chi connectivity index (χ0v) is 19.5. The Morgan fingerprint density at radius 2 is 1.63 bits per heavy atom. The number of esters is 1. The number of methoxy groups -OCH3 is 2. The SMILES string of the molecule is COc1ccc(C2=NOC3C4CC(C23)C2C(=O)N(c3ccc(OC(C)=O)cc3)C(=O)C42)cc1OC. The number of rotatable bonds is 5. The van der Waals surface area contributed by atoms with Crippen LogP contribution in [0.5, 0.6) is 17.2 Å². The van der Waals surface area contributed by atoms with Gasteiger partial charge in [0.05, 0.1) is 37.5 Å². The summed E-state index contributed by atoms with van der Waals surface area (Å²) in [6.07, 6.45) is 0.528. The van der Waals surface area contributed by atoms with Crippen molar-refractivity contribution in [2.75, 3.05) is 19.1 Å². The van der Waals surface area contributed by atoms with Crippen molar-refractivity contribution in [1.29, 1.82) is 0 Å². The minimum absolute atomic E-state index is 0.0360. The zero-order valence-electron chi connectivity index (χ0n) is 19.5. The average molecular weight is 476 g/mol. The van der Waals surface area contributed by atoms with E-state index in [4.69, 9.17) is 19.0 Å². The van der Waals surface area contributed by atoms with Crippen LogP contribution in [-0.4, -0.2) is 43.8 Å². The number of fused-ring (bicyclic) bond motifs is 8. The molecule has 4 aliphatic rings. The van der Waals surface area contributed by atoms with Crippen molar-refractivity contribution >= 4 is 29.2 Å². The third kappa shape index (κ3) is 3.07. The topological polar surface area (TPSA) is 104 Å². The van der Waals surface area contributed by atoms with E-state index in [1.54, 1.807) is 38.5 Å². The molecule has 6 unspecified atom stereocenters. The molecule has 2 aliphatic carbocycles. The Kier molecular flexibility index (Phi) is 4.84. The van der Waals surface area contributed by atoms with E-state index >= 15 is 0 Å². The van der Waals surface area contributed by atoms with Crippen molar-refractivity contribution in [2.45, 2.75) is 19.4 Å². The van der Waals surface area contributed by atoms with Crippen LogP contribution in [0.3, 0.4) is 0 Å². The molecule has 0 radical (unpaired) electrons. The van der Waals surface area contributed by atoms with Crippen LogP contribution < -0.4 is 19.1 Å². The van der Waals surface area contributed by atoms with Gasteiger partial charge in [0, 0.05) is 24.3 Å². The maximum Gasteiger partial charge on any atom is 0.308 e. The lowest BCUT2D eigenvalue weighted by atomic mass is 9.71. The fourth-order valence-electron chi connectivity index (χ4n) is 6.44. The molecular weight excluding hydrogens is 452 g/mol. The van der Waals surface area contributed by atoms with Crippen LogP contribution in [0.2, 0.25) is 0 Å². The molecule has 0 aromatic heterocycles. The second-order valence-electron chi connectivity index (χ2n) is 9.36. The number of benzene rings is 2. The van der Waals surface area contributed by atoms with Gasteiger partial charge in [-0.25, -0.2) is 0 Å². The summed E-state index contributed by atoms with van der Waals surface area (Å²) in [6.45, 7) is 1.32. The number of hydrogen-bond donors (Lipinski definition) is 0. The fraction of sp³-hybridized carbons (Fsp3) is 0.385. The highest BCUT2D eigenvalue weighted by atomic mass is 16.6. The molecule has 9 heteroatoms. The number of imide groups is 1. The molecule has 6 atom stereocenters. The number of anilines is 1. The average Bonchev–Trinajstić information content (AvgIpc) is 3.59. The smallest absolute Gasteiger partial charge is 0.308 e. The first-order chi connectivity index (χ1) is 16.9. The van der Waals surface area contributed by atoms with Gasteiger partial charge in [0.2, 0.25) is 11.8 Å². The maximum absolute atomic E-state index is 13.6. The van der Waals surface area contributed by atoms with E-state index in [0.29, 0.717) is 22.9 Å². The van der Waals surface area contributed by atoms with E-state index in [1.165, 1.54) is 11.8 Å². The van der Waals surface area contributed by atoms with Gasteiger partial charge in [-0.2, -0.15) is 0 Å². The first-order valence-electron chi connectivity index (χ1n) is 11.5. The molecule has 1 saturated heterocycles. The van der Waals surface area contributed by atoms with Gasteiger partial charge in [-0.15, -0.1) is 0 Å². The van der Waals surface area contributed by atoms with Crippen LogP contribution in [0.15, 0.2) is 47.6 Å². The highest BCUT2D eigenvalue weighted by Crippen LogP contribution is 2.62. The summed E-state index contributed by atoms with van der Waals surface area (Å²) in [4.78, 5) is 45.4. The standard InChI is InChI=1S/C26H24N2O7/c1-12(29)34-15-7-5-14(6-8-15)28-25(30)20-16-11-17(21(20)26(28)31)24-22(16)23(27-35-24)13-4-9-18(32-2)19(10-13)33-3/h4-10,16-17,20-22,24H,11H2,1-3H3. The number of oxime groups is 1. The minimum atomic E-state index is -0.435. The molecule has 9 nitrogen and oxygen atoms in total. The van der Waals surface area contributed by atoms with Crippen molar-refractivity contribution < 1.29 is 33.4 Å². The maximum atomic E-state index is 13.6. The Balaban J connectivity index is 1.28. The van der Waals surface area contributed by atoms with E-state index in [-0.39, 0.29) is 35.7 Å². The lowest BCUT2D eigenvalue weighted by molar-refractivity contribution is -0.132. The molecule has 2 amide bonds. The minimum Gasteiger partial charge on any atom is -0.493 e. The van der Waals surface area contributed by atoms with Crippen LogP contribution in [0.1, 0.15) is 18.9 Å². The quantitative estimate of drug-likeness (QED) is 0.371. The summed E-state index contributed by atoms with van der Waals surface area (Å²) >= 11 is 0. The van der Waals surface area contributed by atoms with Crippen LogP contribution in [-0.2, 0) is 19.2 Å². The van der Waals surface area contributed by atoms with E-state index in [1.807, 2.05) is 18.2 Å². The van der Waals surface area contributed by atoms with Gasteiger partial charge in [-0.1, -0.05) is 5.16 Å². The summed E-state index contributed by atoms with van der Waals surface area (Å²) in [7, 11) is 3.16. The number of hydrogen-bond acceptors (Lipinski definition) is 8. The van der Waals surface area contributed by atoms with Crippen molar-refractivity contribution in [3.8, 4) is 17.2 Å². The lowest BCUT2D eigenvalue weighted by Gasteiger charge is -2.29. The molecule has 3 fully saturated rings. The van der Waals surface area contributed by atoms with Gasteiger partial charge < -0.3 is 19.0 Å². The van der Waals surface area contributed by atoms with Gasteiger partial charge in [0.15, 0.2) is 11.5 Å². The molecule has 2 bridgehead atoms. The number of carbonyl (C=O) groups is 3. The van der Waals surface area contributed by atoms with Gasteiger partial charge in [-0.3, -0.25) is 19.3 Å². The van der Waals surface area contributed by atoms with Crippen LogP contribution >= 0.6 is 0 Å². The monoisotopic (exact) mass is 476 g/mol.